The van der Waals surface area contributed by atoms with Gasteiger partial charge in [-0.25, -0.2) is 4.31 Å². The van der Waals surface area contributed by atoms with Gasteiger partial charge in [0.2, 0.25) is 0 Å². The summed E-state index contributed by atoms with van der Waals surface area (Å²) in [5.74, 6) is 0. The summed E-state index contributed by atoms with van der Waals surface area (Å²) in [4.78, 5) is 0. The molecule has 0 amide bonds. The Labute approximate surface area is 108 Å². The largest absolute Gasteiger partial charge is 0.248 e. The average Bonchev–Trinajstić information content (AvgIpc) is 2.52. The van der Waals surface area contributed by atoms with E-state index in [1.54, 1.807) is 11.9 Å². The van der Waals surface area contributed by atoms with Gasteiger partial charge in [0, 0.05) is 13.1 Å². The highest BCUT2D eigenvalue weighted by atomic mass is 35.5. The molecule has 4 heteroatoms. The number of alkyl halides is 2. The molecular formula is C11H21Cl2NS. The van der Waals surface area contributed by atoms with Gasteiger partial charge in [-0.05, 0) is 6.42 Å². The van der Waals surface area contributed by atoms with Gasteiger partial charge in [0.1, 0.15) is 4.71 Å². The molecule has 0 spiro atoms. The molecule has 0 saturated carbocycles. The lowest BCUT2D eigenvalue weighted by atomic mass is 10.1. The predicted molar refractivity (Wildman–Crippen MR) is 71.8 cm³/mol. The third-order valence-electron chi connectivity index (χ3n) is 2.67. The van der Waals surface area contributed by atoms with E-state index >= 15 is 0 Å². The Kier molecular flexibility index (Phi) is 7.49. The van der Waals surface area contributed by atoms with Crippen molar-refractivity contribution < 1.29 is 0 Å². The molecule has 0 aromatic rings. The first-order chi connectivity index (χ1) is 7.24. The Hall–Kier alpha value is 0.890. The summed E-state index contributed by atoms with van der Waals surface area (Å²) in [5.41, 5.74) is 0. The molecule has 0 radical (unpaired) electrons. The van der Waals surface area contributed by atoms with E-state index in [1.807, 2.05) is 0 Å². The Morgan fingerprint density at radius 3 is 2.40 bits per heavy atom. The average molecular weight is 270 g/mol. The molecule has 0 bridgehead atoms. The highest BCUT2D eigenvalue weighted by Crippen LogP contribution is 2.34. The molecule has 0 N–H and O–H groups in total. The molecule has 0 aliphatic carbocycles. The van der Waals surface area contributed by atoms with Gasteiger partial charge in [-0.15, -0.1) is 23.2 Å². The quantitative estimate of drug-likeness (QED) is 0.381. The second-order valence-electron chi connectivity index (χ2n) is 4.13. The molecule has 2 atom stereocenters. The molecule has 0 aromatic heterocycles. The monoisotopic (exact) mass is 269 g/mol. The first kappa shape index (κ1) is 14.0. The molecule has 1 saturated heterocycles. The predicted octanol–water partition coefficient (Wildman–Crippen LogP) is 4.48. The molecular weight excluding hydrogens is 249 g/mol. The third kappa shape index (κ3) is 5.67. The maximum absolute atomic E-state index is 6.04. The fraction of sp³-hybridized carbons (Fsp3) is 1.00. The zero-order valence-corrected chi connectivity index (χ0v) is 11.8. The summed E-state index contributed by atoms with van der Waals surface area (Å²) in [6.45, 7) is 4.33. The summed E-state index contributed by atoms with van der Waals surface area (Å²) < 4.78 is 2.39. The number of rotatable bonds is 7. The van der Waals surface area contributed by atoms with Crippen LogP contribution in [-0.4, -0.2) is 27.5 Å². The molecule has 1 aliphatic rings. The van der Waals surface area contributed by atoms with Crippen LogP contribution in [-0.2, 0) is 0 Å². The van der Waals surface area contributed by atoms with Crippen LogP contribution in [0, 0.1) is 0 Å². The van der Waals surface area contributed by atoms with E-state index in [0.717, 1.165) is 13.1 Å². The lowest BCUT2D eigenvalue weighted by Gasteiger charge is -2.12. The van der Waals surface area contributed by atoms with Crippen molar-refractivity contribution in [3.63, 3.8) is 0 Å². The minimum absolute atomic E-state index is 0.0757. The summed E-state index contributed by atoms with van der Waals surface area (Å²) in [5, 5.41) is 0.122. The molecule has 15 heavy (non-hydrogen) atoms. The van der Waals surface area contributed by atoms with Gasteiger partial charge in [0.05, 0.1) is 5.38 Å². The van der Waals surface area contributed by atoms with Crippen molar-refractivity contribution in [3.05, 3.63) is 0 Å². The van der Waals surface area contributed by atoms with Crippen LogP contribution in [0.2, 0.25) is 0 Å². The van der Waals surface area contributed by atoms with Crippen LogP contribution in [0.5, 0.6) is 0 Å². The van der Waals surface area contributed by atoms with Crippen molar-refractivity contribution in [2.24, 2.45) is 0 Å². The maximum atomic E-state index is 6.04. The summed E-state index contributed by atoms with van der Waals surface area (Å²) in [7, 11) is 0. The zero-order valence-electron chi connectivity index (χ0n) is 9.42. The zero-order chi connectivity index (χ0) is 11.1. The van der Waals surface area contributed by atoms with E-state index in [2.05, 4.69) is 11.2 Å². The highest BCUT2D eigenvalue weighted by molar-refractivity contribution is 7.99. The minimum Gasteiger partial charge on any atom is -0.248 e. The van der Waals surface area contributed by atoms with Crippen LogP contribution >= 0.6 is 35.1 Å². The van der Waals surface area contributed by atoms with E-state index in [9.17, 15) is 0 Å². The van der Waals surface area contributed by atoms with Crippen molar-refractivity contribution in [2.75, 3.05) is 13.1 Å². The first-order valence-corrected chi connectivity index (χ1v) is 7.65. The third-order valence-corrected chi connectivity index (χ3v) is 5.04. The van der Waals surface area contributed by atoms with Crippen molar-refractivity contribution >= 4 is 35.1 Å². The summed E-state index contributed by atoms with van der Waals surface area (Å²) >= 11 is 13.8. The van der Waals surface area contributed by atoms with Crippen LogP contribution in [0.1, 0.15) is 45.4 Å². The fourth-order valence-corrected chi connectivity index (χ4v) is 3.53. The smallest absolute Gasteiger partial charge is 0.111 e. The topological polar surface area (TPSA) is 3.24 Å². The second-order valence-corrected chi connectivity index (χ2v) is 6.65. The lowest BCUT2D eigenvalue weighted by molar-refractivity contribution is 0.464. The van der Waals surface area contributed by atoms with E-state index in [1.165, 1.54) is 38.5 Å². The number of nitrogens with zero attached hydrogens (tertiary/aromatic N) is 1. The van der Waals surface area contributed by atoms with Crippen LogP contribution < -0.4 is 0 Å². The normalized spacial score (nSPS) is 27.4. The van der Waals surface area contributed by atoms with Crippen molar-refractivity contribution in [2.45, 2.75) is 55.5 Å². The molecule has 1 heterocycles. The second kappa shape index (κ2) is 8.05. The Morgan fingerprint density at radius 1 is 1.13 bits per heavy atom. The van der Waals surface area contributed by atoms with Crippen molar-refractivity contribution in [3.8, 4) is 0 Å². The molecule has 2 unspecified atom stereocenters. The van der Waals surface area contributed by atoms with Gasteiger partial charge in [0.25, 0.3) is 0 Å². The lowest BCUT2D eigenvalue weighted by Crippen LogP contribution is -2.17. The molecule has 90 valence electrons. The molecule has 1 rings (SSSR count). The van der Waals surface area contributed by atoms with Gasteiger partial charge in [-0.3, -0.25) is 0 Å². The Morgan fingerprint density at radius 2 is 1.80 bits per heavy atom. The Balaban J connectivity index is 1.92. The van der Waals surface area contributed by atoms with Crippen LogP contribution in [0.25, 0.3) is 0 Å². The first-order valence-electron chi connectivity index (χ1n) is 5.94. The Bertz CT molecular complexity index is 159. The van der Waals surface area contributed by atoms with Gasteiger partial charge in [0.15, 0.2) is 0 Å². The van der Waals surface area contributed by atoms with Crippen molar-refractivity contribution in [1.29, 1.82) is 0 Å². The van der Waals surface area contributed by atoms with Gasteiger partial charge >= 0.3 is 0 Å². The number of unbranched alkanes of at least 4 members (excludes halogenated alkanes) is 5. The molecule has 1 fully saturated rings. The van der Waals surface area contributed by atoms with Crippen LogP contribution in [0.15, 0.2) is 0 Å². The number of hydrogen-bond acceptors (Lipinski definition) is 2. The van der Waals surface area contributed by atoms with Crippen LogP contribution in [0.4, 0.5) is 0 Å². The van der Waals surface area contributed by atoms with E-state index in [4.69, 9.17) is 23.2 Å². The van der Waals surface area contributed by atoms with Crippen LogP contribution in [0.3, 0.4) is 0 Å². The standard InChI is InChI=1S/C11H21Cl2NS/c1-2-3-4-5-6-7-8-14-9-10(12)11(13)15-14/h10-11H,2-9H2,1H3. The van der Waals surface area contributed by atoms with Gasteiger partial charge in [-0.1, -0.05) is 51.0 Å². The molecule has 0 aromatic carbocycles. The molecule has 1 nitrogen and oxygen atoms in total. The number of hydrogen-bond donors (Lipinski definition) is 0. The summed E-state index contributed by atoms with van der Waals surface area (Å²) in [6.07, 6.45) is 8.09. The van der Waals surface area contributed by atoms with Crippen molar-refractivity contribution in [1.82, 2.24) is 4.31 Å². The van der Waals surface area contributed by atoms with Gasteiger partial charge < -0.3 is 0 Å². The van der Waals surface area contributed by atoms with Gasteiger partial charge in [-0.2, -0.15) is 0 Å². The minimum atomic E-state index is 0.0757. The SMILES string of the molecule is CCCCCCCCN1CC(Cl)C(Cl)S1. The highest BCUT2D eigenvalue weighted by Gasteiger charge is 2.30. The van der Waals surface area contributed by atoms with E-state index in [0.29, 0.717) is 0 Å². The fourth-order valence-electron chi connectivity index (χ4n) is 1.74. The molecule has 1 aliphatic heterocycles. The van der Waals surface area contributed by atoms with E-state index in [-0.39, 0.29) is 10.1 Å². The maximum Gasteiger partial charge on any atom is 0.111 e. The number of halogens is 2. The summed E-state index contributed by atoms with van der Waals surface area (Å²) in [6, 6.07) is 0. The van der Waals surface area contributed by atoms with E-state index < -0.39 is 0 Å².